The number of rotatable bonds is 2. The summed E-state index contributed by atoms with van der Waals surface area (Å²) in [6, 6.07) is 10.4. The van der Waals surface area contributed by atoms with E-state index in [9.17, 15) is 0 Å². The van der Waals surface area contributed by atoms with Crippen molar-refractivity contribution < 1.29 is 0 Å². The van der Waals surface area contributed by atoms with E-state index in [1.807, 2.05) is 18.2 Å². The molecule has 1 heterocycles. The van der Waals surface area contributed by atoms with Crippen LogP contribution in [0.25, 0.3) is 0 Å². The Morgan fingerprint density at radius 1 is 1.41 bits per heavy atom. The number of nitrogens with zero attached hydrogens (tertiary/aromatic N) is 2. The zero-order valence-corrected chi connectivity index (χ0v) is 10.9. The quantitative estimate of drug-likeness (QED) is 0.802. The Morgan fingerprint density at radius 3 is 2.71 bits per heavy atom. The minimum absolute atomic E-state index is 0.120. The first-order valence-corrected chi connectivity index (χ1v) is 6.37. The molecule has 0 bridgehead atoms. The van der Waals surface area contributed by atoms with Crippen LogP contribution in [0.1, 0.15) is 25.3 Å². The molecule has 90 valence electrons. The fourth-order valence-corrected chi connectivity index (χ4v) is 2.42. The number of nitriles is 1. The van der Waals surface area contributed by atoms with Gasteiger partial charge in [-0.25, -0.2) is 0 Å². The van der Waals surface area contributed by atoms with E-state index in [0.29, 0.717) is 0 Å². The molecule has 1 saturated heterocycles. The lowest BCUT2D eigenvalue weighted by Crippen LogP contribution is -2.37. The molecule has 0 atom stereocenters. The lowest BCUT2D eigenvalue weighted by atomic mass is 9.82. The Bertz CT molecular complexity index is 428. The Kier molecular flexibility index (Phi) is 3.71. The SMILES string of the molecule is CC1(C#N)CCN(Cc2cccc(Cl)c2)CC1. The summed E-state index contributed by atoms with van der Waals surface area (Å²) in [5.41, 5.74) is 1.13. The van der Waals surface area contributed by atoms with Gasteiger partial charge in [0.1, 0.15) is 0 Å². The summed E-state index contributed by atoms with van der Waals surface area (Å²) in [6.45, 7) is 4.99. The maximum Gasteiger partial charge on any atom is 0.0687 e. The van der Waals surface area contributed by atoms with Crippen LogP contribution in [-0.2, 0) is 6.54 Å². The van der Waals surface area contributed by atoms with Gasteiger partial charge in [0.05, 0.1) is 11.5 Å². The van der Waals surface area contributed by atoms with Crippen molar-refractivity contribution >= 4 is 11.6 Å². The molecule has 1 aromatic carbocycles. The molecule has 0 N–H and O–H groups in total. The van der Waals surface area contributed by atoms with Gasteiger partial charge in [-0.2, -0.15) is 5.26 Å². The van der Waals surface area contributed by atoms with Crippen LogP contribution in [0.3, 0.4) is 0 Å². The van der Waals surface area contributed by atoms with Gasteiger partial charge in [0.15, 0.2) is 0 Å². The first kappa shape index (κ1) is 12.4. The highest BCUT2D eigenvalue weighted by Gasteiger charge is 2.29. The number of benzene rings is 1. The lowest BCUT2D eigenvalue weighted by molar-refractivity contribution is 0.150. The number of hydrogen-bond acceptors (Lipinski definition) is 2. The minimum Gasteiger partial charge on any atom is -0.299 e. The third kappa shape index (κ3) is 3.21. The highest BCUT2D eigenvalue weighted by atomic mass is 35.5. The van der Waals surface area contributed by atoms with Crippen molar-refractivity contribution in [2.75, 3.05) is 13.1 Å². The smallest absolute Gasteiger partial charge is 0.0687 e. The fraction of sp³-hybridized carbons (Fsp3) is 0.500. The van der Waals surface area contributed by atoms with Crippen LogP contribution < -0.4 is 0 Å². The van der Waals surface area contributed by atoms with Gasteiger partial charge in [-0.3, -0.25) is 4.90 Å². The van der Waals surface area contributed by atoms with Gasteiger partial charge in [-0.15, -0.1) is 0 Å². The molecule has 1 aliphatic rings. The van der Waals surface area contributed by atoms with Crippen molar-refractivity contribution in [2.45, 2.75) is 26.3 Å². The van der Waals surface area contributed by atoms with E-state index in [2.05, 4.69) is 24.0 Å². The minimum atomic E-state index is -0.120. The summed E-state index contributed by atoms with van der Waals surface area (Å²) in [5.74, 6) is 0. The molecule has 17 heavy (non-hydrogen) atoms. The summed E-state index contributed by atoms with van der Waals surface area (Å²) < 4.78 is 0. The number of hydrogen-bond donors (Lipinski definition) is 0. The summed E-state index contributed by atoms with van der Waals surface area (Å²) >= 11 is 5.97. The van der Waals surface area contributed by atoms with E-state index in [0.717, 1.165) is 37.5 Å². The van der Waals surface area contributed by atoms with Crippen LogP contribution in [0.15, 0.2) is 24.3 Å². The Morgan fingerprint density at radius 2 is 2.12 bits per heavy atom. The molecule has 2 nitrogen and oxygen atoms in total. The van der Waals surface area contributed by atoms with Crippen LogP contribution in [0.5, 0.6) is 0 Å². The molecule has 1 aliphatic heterocycles. The third-order valence-electron chi connectivity index (χ3n) is 3.52. The summed E-state index contributed by atoms with van der Waals surface area (Å²) in [5, 5.41) is 9.87. The molecule has 0 aliphatic carbocycles. The molecule has 0 spiro atoms. The van der Waals surface area contributed by atoms with Gasteiger partial charge in [-0.05, 0) is 50.6 Å². The van der Waals surface area contributed by atoms with Crippen molar-refractivity contribution in [3.8, 4) is 6.07 Å². The maximum absolute atomic E-state index is 9.08. The van der Waals surface area contributed by atoms with Gasteiger partial charge in [0.2, 0.25) is 0 Å². The predicted molar refractivity (Wildman–Crippen MR) is 69.7 cm³/mol. The van der Waals surface area contributed by atoms with Crippen molar-refractivity contribution in [1.82, 2.24) is 4.90 Å². The molecule has 1 aromatic rings. The van der Waals surface area contributed by atoms with Crippen LogP contribution in [0, 0.1) is 16.7 Å². The maximum atomic E-state index is 9.08. The van der Waals surface area contributed by atoms with Crippen molar-refractivity contribution in [3.63, 3.8) is 0 Å². The topological polar surface area (TPSA) is 27.0 Å². The Balaban J connectivity index is 1.93. The Hall–Kier alpha value is -1.04. The molecule has 0 amide bonds. The molecule has 2 rings (SSSR count). The molecule has 0 radical (unpaired) electrons. The Labute approximate surface area is 108 Å². The second-order valence-corrected chi connectivity index (χ2v) is 5.51. The summed E-state index contributed by atoms with van der Waals surface area (Å²) in [4.78, 5) is 2.39. The van der Waals surface area contributed by atoms with Crippen LogP contribution in [0.2, 0.25) is 5.02 Å². The van der Waals surface area contributed by atoms with Crippen molar-refractivity contribution in [3.05, 3.63) is 34.9 Å². The first-order chi connectivity index (χ1) is 8.11. The van der Waals surface area contributed by atoms with E-state index in [-0.39, 0.29) is 5.41 Å². The third-order valence-corrected chi connectivity index (χ3v) is 3.76. The molecule has 0 unspecified atom stereocenters. The average molecular weight is 249 g/mol. The first-order valence-electron chi connectivity index (χ1n) is 5.99. The van der Waals surface area contributed by atoms with Crippen molar-refractivity contribution in [2.24, 2.45) is 5.41 Å². The van der Waals surface area contributed by atoms with Crippen LogP contribution >= 0.6 is 11.6 Å². The predicted octanol–water partition coefficient (Wildman–Crippen LogP) is 3.47. The molecule has 0 saturated carbocycles. The zero-order valence-electron chi connectivity index (χ0n) is 10.1. The van der Waals surface area contributed by atoms with Crippen LogP contribution in [0.4, 0.5) is 0 Å². The largest absolute Gasteiger partial charge is 0.299 e. The highest BCUT2D eigenvalue weighted by molar-refractivity contribution is 6.30. The van der Waals surface area contributed by atoms with Gasteiger partial charge >= 0.3 is 0 Å². The number of piperidine rings is 1. The van der Waals surface area contributed by atoms with E-state index in [1.165, 1.54) is 5.56 Å². The second kappa shape index (κ2) is 5.08. The average Bonchev–Trinajstić information content (AvgIpc) is 2.33. The number of likely N-dealkylation sites (tertiary alicyclic amines) is 1. The lowest BCUT2D eigenvalue weighted by Gasteiger charge is -2.34. The number of halogens is 1. The molecule has 3 heteroatoms. The van der Waals surface area contributed by atoms with E-state index < -0.39 is 0 Å². The van der Waals surface area contributed by atoms with Crippen LogP contribution in [-0.4, -0.2) is 18.0 Å². The van der Waals surface area contributed by atoms with Gasteiger partial charge in [-0.1, -0.05) is 23.7 Å². The highest BCUT2D eigenvalue weighted by Crippen LogP contribution is 2.30. The van der Waals surface area contributed by atoms with E-state index >= 15 is 0 Å². The van der Waals surface area contributed by atoms with Gasteiger partial charge in [0, 0.05) is 11.6 Å². The van der Waals surface area contributed by atoms with Gasteiger partial charge in [0.25, 0.3) is 0 Å². The van der Waals surface area contributed by atoms with Crippen molar-refractivity contribution in [1.29, 1.82) is 5.26 Å². The standard InChI is InChI=1S/C14H17ClN2/c1-14(11-16)5-7-17(8-6-14)10-12-3-2-4-13(15)9-12/h2-4,9H,5-8,10H2,1H3. The zero-order chi connectivity index (χ0) is 12.3. The molecule has 1 fully saturated rings. The molecular weight excluding hydrogens is 232 g/mol. The second-order valence-electron chi connectivity index (χ2n) is 5.08. The normalized spacial score (nSPS) is 19.8. The summed E-state index contributed by atoms with van der Waals surface area (Å²) in [7, 11) is 0. The van der Waals surface area contributed by atoms with E-state index in [1.54, 1.807) is 0 Å². The monoisotopic (exact) mass is 248 g/mol. The molecular formula is C14H17ClN2. The van der Waals surface area contributed by atoms with E-state index in [4.69, 9.17) is 16.9 Å². The summed E-state index contributed by atoms with van der Waals surface area (Å²) in [6.07, 6.45) is 1.92. The van der Waals surface area contributed by atoms with Gasteiger partial charge < -0.3 is 0 Å². The molecule has 0 aromatic heterocycles. The fourth-order valence-electron chi connectivity index (χ4n) is 2.21.